The number of benzene rings is 2. The van der Waals surface area contributed by atoms with Crippen LogP contribution in [0.2, 0.25) is 0 Å². The average Bonchev–Trinajstić information content (AvgIpc) is 3.58. The maximum atomic E-state index is 13.3. The Kier molecular flexibility index (Phi) is 7.37. The lowest BCUT2D eigenvalue weighted by atomic mass is 10.0. The molecule has 6 heteroatoms. The number of aromatic nitrogens is 1. The van der Waals surface area contributed by atoms with E-state index in [1.807, 2.05) is 52.2 Å². The van der Waals surface area contributed by atoms with Gasteiger partial charge in [0.1, 0.15) is 11.7 Å². The van der Waals surface area contributed by atoms with Crippen LogP contribution in [0, 0.1) is 12.8 Å². The number of para-hydroxylation sites is 1. The Labute approximate surface area is 202 Å². The van der Waals surface area contributed by atoms with Crippen molar-refractivity contribution < 1.29 is 9.59 Å². The van der Waals surface area contributed by atoms with Gasteiger partial charge >= 0.3 is 0 Å². The Morgan fingerprint density at radius 1 is 1.06 bits per heavy atom. The number of hydrogen-bond acceptors (Lipinski definition) is 3. The minimum atomic E-state index is -0.561. The number of rotatable bonds is 10. The number of carbonyl (C=O) groups excluding carboxylic acids is 2. The summed E-state index contributed by atoms with van der Waals surface area (Å²) in [4.78, 5) is 31.8. The summed E-state index contributed by atoms with van der Waals surface area (Å²) in [5, 5.41) is 7.17. The second-order valence-corrected chi connectivity index (χ2v) is 9.93. The molecule has 1 aromatic heterocycles. The smallest absolute Gasteiger partial charge is 0.268 e. The van der Waals surface area contributed by atoms with Crippen LogP contribution in [0.15, 0.2) is 48.5 Å². The lowest BCUT2D eigenvalue weighted by molar-refractivity contribution is -0.123. The molecule has 0 spiro atoms. The van der Waals surface area contributed by atoms with Crippen LogP contribution in [-0.4, -0.2) is 41.8 Å². The fourth-order valence-electron chi connectivity index (χ4n) is 4.49. The molecule has 1 heterocycles. The number of nitrogens with zero attached hydrogens (tertiary/aromatic N) is 1. The van der Waals surface area contributed by atoms with Gasteiger partial charge in [-0.25, -0.2) is 0 Å². The molecule has 1 aliphatic carbocycles. The van der Waals surface area contributed by atoms with E-state index >= 15 is 0 Å². The molecule has 4 rings (SSSR count). The van der Waals surface area contributed by atoms with Crippen molar-refractivity contribution >= 4 is 22.7 Å². The first-order valence-electron chi connectivity index (χ1n) is 12.2. The fraction of sp³-hybridized carbons (Fsp3) is 0.429. The van der Waals surface area contributed by atoms with Crippen LogP contribution < -0.4 is 10.6 Å². The molecule has 1 saturated carbocycles. The molecule has 180 valence electrons. The molecule has 6 nitrogen and oxygen atoms in total. The van der Waals surface area contributed by atoms with Crippen molar-refractivity contribution in [1.29, 1.82) is 0 Å². The molecule has 0 radical (unpaired) electrons. The number of carbonyl (C=O) groups is 2. The highest BCUT2D eigenvalue weighted by Gasteiger charge is 2.28. The van der Waals surface area contributed by atoms with Crippen LogP contribution in [0.5, 0.6) is 0 Å². The van der Waals surface area contributed by atoms with Gasteiger partial charge in [0.2, 0.25) is 5.91 Å². The zero-order chi connectivity index (χ0) is 24.2. The summed E-state index contributed by atoms with van der Waals surface area (Å²) < 4.78 is 0. The van der Waals surface area contributed by atoms with E-state index in [0.29, 0.717) is 18.0 Å². The average molecular weight is 461 g/mol. The van der Waals surface area contributed by atoms with Crippen molar-refractivity contribution in [2.24, 2.45) is 5.92 Å². The van der Waals surface area contributed by atoms with Crippen molar-refractivity contribution in [1.82, 2.24) is 20.5 Å². The second-order valence-electron chi connectivity index (χ2n) is 9.93. The maximum absolute atomic E-state index is 13.3. The van der Waals surface area contributed by atoms with E-state index in [0.717, 1.165) is 35.0 Å². The van der Waals surface area contributed by atoms with Crippen LogP contribution >= 0.6 is 0 Å². The molecule has 0 bridgehead atoms. The van der Waals surface area contributed by atoms with E-state index in [-0.39, 0.29) is 17.9 Å². The molecule has 2 aromatic carbocycles. The zero-order valence-electron chi connectivity index (χ0n) is 20.7. The Bertz CT molecular complexity index is 1140. The van der Waals surface area contributed by atoms with Gasteiger partial charge in [-0.05, 0) is 69.5 Å². The lowest BCUT2D eigenvalue weighted by Crippen LogP contribution is -2.47. The van der Waals surface area contributed by atoms with E-state index in [4.69, 9.17) is 0 Å². The Morgan fingerprint density at radius 2 is 1.76 bits per heavy atom. The topological polar surface area (TPSA) is 77.2 Å². The van der Waals surface area contributed by atoms with Crippen molar-refractivity contribution in [3.8, 4) is 0 Å². The SMILES string of the molecule is Cc1c(C(=O)N[C@@H](CCC2CC2)C(=O)N[C@@H](C)c2ccc(CN(C)C)cc2)[nH]c2ccccc12. The van der Waals surface area contributed by atoms with Gasteiger partial charge in [-0.1, -0.05) is 55.3 Å². The van der Waals surface area contributed by atoms with E-state index in [1.165, 1.54) is 18.4 Å². The van der Waals surface area contributed by atoms with E-state index in [9.17, 15) is 9.59 Å². The van der Waals surface area contributed by atoms with Crippen molar-refractivity contribution in [3.63, 3.8) is 0 Å². The lowest BCUT2D eigenvalue weighted by Gasteiger charge is -2.22. The first-order valence-corrected chi connectivity index (χ1v) is 12.2. The molecule has 1 fully saturated rings. The molecule has 0 aliphatic heterocycles. The number of amides is 2. The molecule has 3 N–H and O–H groups in total. The number of H-pyrrole nitrogens is 1. The molecular weight excluding hydrogens is 424 g/mol. The zero-order valence-corrected chi connectivity index (χ0v) is 20.7. The van der Waals surface area contributed by atoms with Crippen LogP contribution in [0.1, 0.15) is 65.8 Å². The molecule has 34 heavy (non-hydrogen) atoms. The molecule has 2 amide bonds. The number of aromatic amines is 1. The number of nitrogens with one attached hydrogen (secondary N) is 3. The van der Waals surface area contributed by atoms with Crippen molar-refractivity contribution in [2.75, 3.05) is 14.1 Å². The monoisotopic (exact) mass is 460 g/mol. The van der Waals surface area contributed by atoms with Crippen LogP contribution in [0.25, 0.3) is 10.9 Å². The molecular formula is C28H36N4O2. The number of hydrogen-bond donors (Lipinski definition) is 3. The predicted octanol–water partition coefficient (Wildman–Crippen LogP) is 4.70. The summed E-state index contributed by atoms with van der Waals surface area (Å²) in [6, 6.07) is 15.5. The Balaban J connectivity index is 1.44. The van der Waals surface area contributed by atoms with Crippen LogP contribution in [0.4, 0.5) is 0 Å². The van der Waals surface area contributed by atoms with Crippen molar-refractivity contribution in [2.45, 2.75) is 58.2 Å². The number of aryl methyl sites for hydroxylation is 1. The highest BCUT2D eigenvalue weighted by Crippen LogP contribution is 2.34. The molecule has 2 atom stereocenters. The predicted molar refractivity (Wildman–Crippen MR) is 137 cm³/mol. The van der Waals surface area contributed by atoms with E-state index in [1.54, 1.807) is 0 Å². The Hall–Kier alpha value is -3.12. The fourth-order valence-corrected chi connectivity index (χ4v) is 4.49. The molecule has 1 aliphatic rings. The molecule has 3 aromatic rings. The largest absolute Gasteiger partial charge is 0.350 e. The summed E-state index contributed by atoms with van der Waals surface area (Å²) in [6.45, 7) is 4.80. The van der Waals surface area contributed by atoms with Crippen LogP contribution in [-0.2, 0) is 11.3 Å². The van der Waals surface area contributed by atoms with Gasteiger partial charge in [0.15, 0.2) is 0 Å². The summed E-state index contributed by atoms with van der Waals surface area (Å²) in [7, 11) is 4.09. The summed E-state index contributed by atoms with van der Waals surface area (Å²) in [6.07, 6.45) is 4.05. The summed E-state index contributed by atoms with van der Waals surface area (Å²) in [5.74, 6) is 0.321. The number of fused-ring (bicyclic) bond motifs is 1. The second kappa shape index (κ2) is 10.4. The van der Waals surface area contributed by atoms with Gasteiger partial charge in [0.25, 0.3) is 5.91 Å². The van der Waals surface area contributed by atoms with Gasteiger partial charge < -0.3 is 20.5 Å². The van der Waals surface area contributed by atoms with Gasteiger partial charge in [-0.3, -0.25) is 9.59 Å². The third-order valence-corrected chi connectivity index (χ3v) is 6.71. The third kappa shape index (κ3) is 5.86. The maximum Gasteiger partial charge on any atom is 0.268 e. The molecule has 0 saturated heterocycles. The quantitative estimate of drug-likeness (QED) is 0.410. The van der Waals surface area contributed by atoms with Gasteiger partial charge in [-0.15, -0.1) is 0 Å². The minimum Gasteiger partial charge on any atom is -0.350 e. The minimum absolute atomic E-state index is 0.132. The van der Waals surface area contributed by atoms with Crippen LogP contribution in [0.3, 0.4) is 0 Å². The normalized spacial score (nSPS) is 15.3. The highest BCUT2D eigenvalue weighted by atomic mass is 16.2. The summed E-state index contributed by atoms with van der Waals surface area (Å²) in [5.41, 5.74) is 4.64. The first-order chi connectivity index (χ1) is 16.3. The standard InChI is InChI=1S/C28H36N4O2/c1-18-23-7-5-6-8-24(23)30-26(18)28(34)31-25(16-13-20-9-10-20)27(33)29-19(2)22-14-11-21(12-15-22)17-32(3)4/h5-8,11-12,14-15,19-20,25,30H,9-10,13,16-17H2,1-4H3,(H,29,33)(H,31,34)/t19-,25-/m0/s1. The third-order valence-electron chi connectivity index (χ3n) is 6.71. The van der Waals surface area contributed by atoms with E-state index < -0.39 is 6.04 Å². The first kappa shape index (κ1) is 24.0. The Morgan fingerprint density at radius 3 is 2.41 bits per heavy atom. The van der Waals surface area contributed by atoms with Gasteiger partial charge in [0, 0.05) is 17.4 Å². The summed E-state index contributed by atoms with van der Waals surface area (Å²) >= 11 is 0. The van der Waals surface area contributed by atoms with E-state index in [2.05, 4.69) is 44.8 Å². The highest BCUT2D eigenvalue weighted by molar-refractivity contribution is 6.02. The van der Waals surface area contributed by atoms with Crippen molar-refractivity contribution in [3.05, 3.63) is 70.9 Å². The van der Waals surface area contributed by atoms with Gasteiger partial charge in [0.05, 0.1) is 6.04 Å². The van der Waals surface area contributed by atoms with Gasteiger partial charge in [-0.2, -0.15) is 0 Å². The molecule has 0 unspecified atom stereocenters.